The number of carbonyl (C=O) groups excluding carboxylic acids is 3. The van der Waals surface area contributed by atoms with E-state index in [1.165, 1.54) is 29.2 Å². The van der Waals surface area contributed by atoms with Crippen LogP contribution in [0, 0.1) is 11.8 Å². The summed E-state index contributed by atoms with van der Waals surface area (Å²) in [7, 11) is 0. The summed E-state index contributed by atoms with van der Waals surface area (Å²) in [6.45, 7) is -0.133. The Kier molecular flexibility index (Phi) is 4.93. The van der Waals surface area contributed by atoms with Crippen LogP contribution in [0.5, 0.6) is 11.5 Å². The van der Waals surface area contributed by atoms with Crippen molar-refractivity contribution >= 4 is 17.8 Å². The van der Waals surface area contributed by atoms with Crippen LogP contribution in [0.4, 0.5) is 18.0 Å². The van der Waals surface area contributed by atoms with Gasteiger partial charge in [-0.05, 0) is 42.0 Å². The third-order valence-electron chi connectivity index (χ3n) is 4.85. The summed E-state index contributed by atoms with van der Waals surface area (Å²) in [4.78, 5) is 38.4. The van der Waals surface area contributed by atoms with Crippen molar-refractivity contribution in [3.8, 4) is 23.3 Å². The van der Waals surface area contributed by atoms with E-state index in [-0.39, 0.29) is 30.0 Å². The number of amides is 4. The summed E-state index contributed by atoms with van der Waals surface area (Å²) in [5.74, 6) is 3.56. The Morgan fingerprint density at radius 2 is 1.84 bits per heavy atom. The zero-order valence-corrected chi connectivity index (χ0v) is 16.1. The number of fused-ring (bicyclic) bond motifs is 1. The van der Waals surface area contributed by atoms with Crippen molar-refractivity contribution in [3.05, 3.63) is 59.2 Å². The van der Waals surface area contributed by atoms with Gasteiger partial charge in [0, 0.05) is 17.7 Å². The number of carbonyl (C=O) groups is 3. The molecule has 0 bridgehead atoms. The third-order valence-corrected chi connectivity index (χ3v) is 4.85. The van der Waals surface area contributed by atoms with Crippen LogP contribution in [0.25, 0.3) is 0 Å². The largest absolute Gasteiger partial charge is 0.573 e. The quantitative estimate of drug-likeness (QED) is 0.494. The van der Waals surface area contributed by atoms with Crippen molar-refractivity contribution < 1.29 is 37.4 Å². The highest BCUT2D eigenvalue weighted by Gasteiger charge is 2.48. The number of urea groups is 1. The van der Waals surface area contributed by atoms with Crippen LogP contribution in [-0.4, -0.2) is 46.3 Å². The molecule has 1 atom stereocenters. The molecule has 4 amide bonds. The average molecular weight is 445 g/mol. The fourth-order valence-corrected chi connectivity index (χ4v) is 3.41. The molecule has 0 saturated carbocycles. The zero-order chi connectivity index (χ0) is 23.1. The Bertz CT molecular complexity index is 1180. The minimum absolute atomic E-state index is 0.0849. The van der Waals surface area contributed by atoms with Gasteiger partial charge in [-0.25, -0.2) is 4.79 Å². The Morgan fingerprint density at radius 1 is 1.12 bits per heavy atom. The monoisotopic (exact) mass is 445 g/mol. The maximum atomic E-state index is 12.7. The van der Waals surface area contributed by atoms with E-state index in [1.54, 1.807) is 6.07 Å². The standard InChI is InChI=1S/C21H14F3N3O5/c22-21(23,24)32-15-5-1-12(2-6-15)7-8-20(18(30)25-19(31)26-20)11-27-10-13-3-4-14(28)9-16(13)17(27)29/h1-6,9,28H,10-11H2,(H2,25,26,30,31)/t20-/m1/s1. The van der Waals surface area contributed by atoms with Crippen molar-refractivity contribution in [1.82, 2.24) is 15.5 Å². The number of aromatic hydroxyl groups is 1. The van der Waals surface area contributed by atoms with Crippen LogP contribution in [0.15, 0.2) is 42.5 Å². The normalized spacial score (nSPS) is 19.7. The molecule has 2 aliphatic heterocycles. The smallest absolute Gasteiger partial charge is 0.508 e. The summed E-state index contributed by atoms with van der Waals surface area (Å²) < 4.78 is 40.7. The number of hydrogen-bond acceptors (Lipinski definition) is 5. The maximum Gasteiger partial charge on any atom is 0.573 e. The molecule has 0 radical (unpaired) electrons. The van der Waals surface area contributed by atoms with Gasteiger partial charge in [-0.1, -0.05) is 17.9 Å². The van der Waals surface area contributed by atoms with E-state index in [4.69, 9.17) is 0 Å². The van der Waals surface area contributed by atoms with E-state index in [0.717, 1.165) is 12.1 Å². The van der Waals surface area contributed by atoms with Crippen molar-refractivity contribution in [2.45, 2.75) is 18.4 Å². The van der Waals surface area contributed by atoms with Gasteiger partial charge < -0.3 is 20.1 Å². The molecular weight excluding hydrogens is 431 g/mol. The molecule has 2 aliphatic rings. The number of nitrogens with zero attached hydrogens (tertiary/aromatic N) is 1. The van der Waals surface area contributed by atoms with Gasteiger partial charge in [0.25, 0.3) is 11.8 Å². The van der Waals surface area contributed by atoms with E-state index in [2.05, 4.69) is 27.2 Å². The van der Waals surface area contributed by atoms with Crippen LogP contribution in [0.3, 0.4) is 0 Å². The molecule has 1 fully saturated rings. The first-order valence-corrected chi connectivity index (χ1v) is 9.18. The molecule has 0 unspecified atom stereocenters. The lowest BCUT2D eigenvalue weighted by molar-refractivity contribution is -0.274. The fourth-order valence-electron chi connectivity index (χ4n) is 3.41. The third kappa shape index (κ3) is 4.15. The maximum absolute atomic E-state index is 12.7. The van der Waals surface area contributed by atoms with Gasteiger partial charge in [-0.3, -0.25) is 14.9 Å². The molecule has 0 aromatic heterocycles. The lowest BCUT2D eigenvalue weighted by atomic mass is 9.99. The average Bonchev–Trinajstić information content (AvgIpc) is 3.16. The SMILES string of the molecule is O=C1NC(=O)[C@@](C#Cc2ccc(OC(F)(F)F)cc2)(CN2Cc3ccc(O)cc3C2=O)N1. The summed E-state index contributed by atoms with van der Waals surface area (Å²) in [5, 5.41) is 14.1. The highest BCUT2D eigenvalue weighted by molar-refractivity contribution is 6.10. The Morgan fingerprint density at radius 3 is 2.47 bits per heavy atom. The lowest BCUT2D eigenvalue weighted by Gasteiger charge is -2.26. The number of ether oxygens (including phenoxy) is 1. The van der Waals surface area contributed by atoms with E-state index >= 15 is 0 Å². The molecule has 164 valence electrons. The van der Waals surface area contributed by atoms with Crippen molar-refractivity contribution in [3.63, 3.8) is 0 Å². The van der Waals surface area contributed by atoms with Gasteiger partial charge in [0.1, 0.15) is 11.5 Å². The van der Waals surface area contributed by atoms with Gasteiger partial charge >= 0.3 is 12.4 Å². The second-order valence-electron chi connectivity index (χ2n) is 7.14. The molecule has 4 rings (SSSR count). The number of phenolic OH excluding ortho intramolecular Hbond substituents is 1. The lowest BCUT2D eigenvalue weighted by Crippen LogP contribution is -2.54. The number of rotatable bonds is 3. The van der Waals surface area contributed by atoms with Crippen LogP contribution in [-0.2, 0) is 11.3 Å². The molecule has 8 nitrogen and oxygen atoms in total. The molecule has 0 spiro atoms. The van der Waals surface area contributed by atoms with Gasteiger partial charge in [0.2, 0.25) is 5.54 Å². The minimum Gasteiger partial charge on any atom is -0.508 e. The van der Waals surface area contributed by atoms with Crippen LogP contribution < -0.4 is 15.4 Å². The Balaban J connectivity index is 1.59. The first kappa shape index (κ1) is 21.0. The Labute approximate surface area is 179 Å². The topological polar surface area (TPSA) is 108 Å². The highest BCUT2D eigenvalue weighted by atomic mass is 19.4. The van der Waals surface area contributed by atoms with Crippen molar-refractivity contribution in [2.24, 2.45) is 0 Å². The minimum atomic E-state index is -4.83. The van der Waals surface area contributed by atoms with E-state index in [0.29, 0.717) is 5.56 Å². The first-order valence-electron chi connectivity index (χ1n) is 9.18. The first-order chi connectivity index (χ1) is 15.0. The number of benzene rings is 2. The highest BCUT2D eigenvalue weighted by Crippen LogP contribution is 2.28. The molecule has 3 N–H and O–H groups in total. The second-order valence-corrected chi connectivity index (χ2v) is 7.14. The molecule has 2 aromatic carbocycles. The summed E-state index contributed by atoms with van der Waals surface area (Å²) in [5.41, 5.74) is -0.592. The number of imide groups is 1. The van der Waals surface area contributed by atoms with E-state index in [1.807, 2.05) is 0 Å². The van der Waals surface area contributed by atoms with Crippen LogP contribution in [0.1, 0.15) is 21.5 Å². The molecule has 1 saturated heterocycles. The van der Waals surface area contributed by atoms with Gasteiger partial charge in [-0.15, -0.1) is 13.2 Å². The Hall–Kier alpha value is -4.20. The molecule has 0 aliphatic carbocycles. The van der Waals surface area contributed by atoms with E-state index < -0.39 is 35.5 Å². The van der Waals surface area contributed by atoms with Crippen LogP contribution in [0.2, 0.25) is 0 Å². The zero-order valence-electron chi connectivity index (χ0n) is 16.1. The van der Waals surface area contributed by atoms with E-state index in [9.17, 15) is 32.7 Å². The van der Waals surface area contributed by atoms with Crippen LogP contribution >= 0.6 is 0 Å². The number of nitrogens with one attached hydrogen (secondary N) is 2. The fraction of sp³-hybridized carbons (Fsp3) is 0.190. The molecular formula is C21H14F3N3O5. The molecule has 32 heavy (non-hydrogen) atoms. The molecule has 11 heteroatoms. The molecule has 2 aromatic rings. The van der Waals surface area contributed by atoms with Gasteiger partial charge in [0.05, 0.1) is 6.54 Å². The predicted octanol–water partition coefficient (Wildman–Crippen LogP) is 1.88. The van der Waals surface area contributed by atoms with Crippen molar-refractivity contribution in [2.75, 3.05) is 6.54 Å². The number of hydrogen-bond donors (Lipinski definition) is 3. The summed E-state index contributed by atoms with van der Waals surface area (Å²) >= 11 is 0. The number of alkyl halides is 3. The predicted molar refractivity (Wildman–Crippen MR) is 102 cm³/mol. The number of phenols is 1. The van der Waals surface area contributed by atoms with Crippen molar-refractivity contribution in [1.29, 1.82) is 0 Å². The van der Waals surface area contributed by atoms with Gasteiger partial charge in [-0.2, -0.15) is 0 Å². The second kappa shape index (κ2) is 7.49. The summed E-state index contributed by atoms with van der Waals surface area (Å²) in [6, 6.07) is 8.18. The number of halogens is 3. The molecule has 2 heterocycles. The summed E-state index contributed by atoms with van der Waals surface area (Å²) in [6.07, 6.45) is -4.83. The van der Waals surface area contributed by atoms with Gasteiger partial charge in [0.15, 0.2) is 0 Å².